The van der Waals surface area contributed by atoms with E-state index in [9.17, 15) is 9.90 Å². The van der Waals surface area contributed by atoms with Crippen molar-refractivity contribution >= 4 is 5.97 Å². The molecule has 1 aromatic heterocycles. The lowest BCUT2D eigenvalue weighted by Gasteiger charge is -2.19. The molecule has 0 aromatic carbocycles. The van der Waals surface area contributed by atoms with Gasteiger partial charge in [-0.3, -0.25) is 0 Å². The van der Waals surface area contributed by atoms with Gasteiger partial charge in [-0.15, -0.1) is 5.10 Å². The average Bonchev–Trinajstić information content (AvgIpc) is 2.72. The fourth-order valence-corrected chi connectivity index (χ4v) is 2.21. The van der Waals surface area contributed by atoms with Gasteiger partial charge in [0.1, 0.15) is 0 Å². The van der Waals surface area contributed by atoms with Gasteiger partial charge in [-0.2, -0.15) is 0 Å². The summed E-state index contributed by atoms with van der Waals surface area (Å²) in [4.78, 5) is 11.3. The van der Waals surface area contributed by atoms with E-state index in [0.29, 0.717) is 0 Å². The SMILES string of the molecule is COC(=O)c1cn(C2CCCCCC2O)nn1. The van der Waals surface area contributed by atoms with Crippen LogP contribution in [0.2, 0.25) is 0 Å². The van der Waals surface area contributed by atoms with Crippen LogP contribution >= 0.6 is 0 Å². The summed E-state index contributed by atoms with van der Waals surface area (Å²) in [7, 11) is 1.31. The third kappa shape index (κ3) is 2.63. The Balaban J connectivity index is 2.15. The Bertz CT molecular complexity index is 391. The van der Waals surface area contributed by atoms with Crippen LogP contribution in [-0.2, 0) is 4.74 Å². The molecule has 17 heavy (non-hydrogen) atoms. The van der Waals surface area contributed by atoms with Gasteiger partial charge in [0.2, 0.25) is 0 Å². The number of hydrogen-bond donors (Lipinski definition) is 1. The first kappa shape index (κ1) is 12.0. The number of aromatic nitrogens is 3. The molecule has 6 nitrogen and oxygen atoms in total. The highest BCUT2D eigenvalue weighted by Gasteiger charge is 2.25. The largest absolute Gasteiger partial charge is 0.464 e. The summed E-state index contributed by atoms with van der Waals surface area (Å²) in [6.45, 7) is 0. The second-order valence-corrected chi connectivity index (χ2v) is 4.35. The van der Waals surface area contributed by atoms with Gasteiger partial charge in [0.25, 0.3) is 0 Å². The van der Waals surface area contributed by atoms with Crippen LogP contribution in [0.15, 0.2) is 6.20 Å². The summed E-state index contributed by atoms with van der Waals surface area (Å²) in [6.07, 6.45) is 6.01. The van der Waals surface area contributed by atoms with E-state index in [0.717, 1.165) is 32.1 Å². The van der Waals surface area contributed by atoms with Crippen molar-refractivity contribution in [1.82, 2.24) is 15.0 Å². The summed E-state index contributed by atoms with van der Waals surface area (Å²) < 4.78 is 6.16. The summed E-state index contributed by atoms with van der Waals surface area (Å²) >= 11 is 0. The summed E-state index contributed by atoms with van der Waals surface area (Å²) in [5, 5.41) is 17.7. The Hall–Kier alpha value is -1.43. The minimum atomic E-state index is -0.501. The number of esters is 1. The third-order valence-electron chi connectivity index (χ3n) is 3.19. The molecule has 2 unspecified atom stereocenters. The fraction of sp³-hybridized carbons (Fsp3) is 0.727. The van der Waals surface area contributed by atoms with Gasteiger partial charge in [-0.1, -0.05) is 24.5 Å². The number of ether oxygens (including phenoxy) is 1. The standard InChI is InChI=1S/C11H17N3O3/c1-17-11(16)8-7-14(13-12-8)9-5-3-2-4-6-10(9)15/h7,9-10,15H,2-6H2,1H3. The molecule has 0 bridgehead atoms. The smallest absolute Gasteiger partial charge is 0.360 e. The lowest BCUT2D eigenvalue weighted by Crippen LogP contribution is -2.23. The van der Waals surface area contributed by atoms with Crippen molar-refractivity contribution in [2.24, 2.45) is 0 Å². The molecule has 0 spiro atoms. The Morgan fingerprint density at radius 2 is 2.24 bits per heavy atom. The Kier molecular flexibility index (Phi) is 3.73. The van der Waals surface area contributed by atoms with Crippen molar-refractivity contribution in [3.05, 3.63) is 11.9 Å². The van der Waals surface area contributed by atoms with Crippen LogP contribution < -0.4 is 0 Å². The third-order valence-corrected chi connectivity index (χ3v) is 3.19. The first-order chi connectivity index (χ1) is 8.22. The molecule has 94 valence electrons. The molecule has 1 aliphatic carbocycles. The molecule has 6 heteroatoms. The van der Waals surface area contributed by atoms with E-state index >= 15 is 0 Å². The van der Waals surface area contributed by atoms with Crippen molar-refractivity contribution in [3.8, 4) is 0 Å². The molecule has 1 N–H and O–H groups in total. The van der Waals surface area contributed by atoms with Crippen LogP contribution in [0.4, 0.5) is 0 Å². The lowest BCUT2D eigenvalue weighted by molar-refractivity contribution is 0.0593. The van der Waals surface area contributed by atoms with Gasteiger partial charge >= 0.3 is 5.97 Å². The lowest BCUT2D eigenvalue weighted by atomic mass is 10.1. The first-order valence-corrected chi connectivity index (χ1v) is 5.90. The van der Waals surface area contributed by atoms with Gasteiger partial charge < -0.3 is 9.84 Å². The van der Waals surface area contributed by atoms with Crippen LogP contribution in [0.3, 0.4) is 0 Å². The van der Waals surface area contributed by atoms with Gasteiger partial charge in [-0.25, -0.2) is 9.48 Å². The predicted octanol–water partition coefficient (Wildman–Crippen LogP) is 0.931. The van der Waals surface area contributed by atoms with Crippen LogP contribution in [0, 0.1) is 0 Å². The maximum Gasteiger partial charge on any atom is 0.360 e. The molecule has 2 rings (SSSR count). The van der Waals surface area contributed by atoms with Crippen LogP contribution in [0.5, 0.6) is 0 Å². The maximum atomic E-state index is 11.3. The zero-order valence-corrected chi connectivity index (χ0v) is 9.87. The average molecular weight is 239 g/mol. The molecule has 0 radical (unpaired) electrons. The van der Waals surface area contributed by atoms with Gasteiger partial charge in [-0.05, 0) is 12.8 Å². The predicted molar refractivity (Wildman–Crippen MR) is 59.5 cm³/mol. The minimum Gasteiger partial charge on any atom is -0.464 e. The molecule has 2 atom stereocenters. The van der Waals surface area contributed by atoms with E-state index < -0.39 is 12.1 Å². The van der Waals surface area contributed by atoms with Crippen molar-refractivity contribution in [1.29, 1.82) is 0 Å². The zero-order valence-electron chi connectivity index (χ0n) is 9.87. The van der Waals surface area contributed by atoms with Gasteiger partial charge in [0.05, 0.1) is 25.5 Å². The van der Waals surface area contributed by atoms with E-state index in [1.807, 2.05) is 0 Å². The van der Waals surface area contributed by atoms with E-state index in [-0.39, 0.29) is 11.7 Å². The molecule has 0 aliphatic heterocycles. The molecule has 1 aromatic rings. The van der Waals surface area contributed by atoms with E-state index in [4.69, 9.17) is 0 Å². The molecule has 1 saturated carbocycles. The van der Waals surface area contributed by atoms with E-state index in [2.05, 4.69) is 15.0 Å². The van der Waals surface area contributed by atoms with Crippen molar-refractivity contribution in [2.45, 2.75) is 44.2 Å². The molecule has 0 saturated heterocycles. The molecule has 1 aliphatic rings. The van der Waals surface area contributed by atoms with Crippen molar-refractivity contribution in [3.63, 3.8) is 0 Å². The number of nitrogens with zero attached hydrogens (tertiary/aromatic N) is 3. The summed E-state index contributed by atoms with van der Waals surface area (Å²) in [5.41, 5.74) is 0.184. The molecule has 1 fully saturated rings. The second-order valence-electron chi connectivity index (χ2n) is 4.35. The van der Waals surface area contributed by atoms with Gasteiger partial charge in [0, 0.05) is 0 Å². The quantitative estimate of drug-likeness (QED) is 0.613. The normalized spacial score (nSPS) is 25.3. The second kappa shape index (κ2) is 5.27. The van der Waals surface area contributed by atoms with Crippen molar-refractivity contribution in [2.75, 3.05) is 7.11 Å². The van der Waals surface area contributed by atoms with E-state index in [1.165, 1.54) is 7.11 Å². The van der Waals surface area contributed by atoms with Crippen LogP contribution in [0.25, 0.3) is 0 Å². The Morgan fingerprint density at radius 3 is 3.00 bits per heavy atom. The zero-order chi connectivity index (χ0) is 12.3. The Labute approximate surface area is 99.6 Å². The summed E-state index contributed by atoms with van der Waals surface area (Å²) in [6, 6.07) is -0.0802. The fourth-order valence-electron chi connectivity index (χ4n) is 2.21. The Morgan fingerprint density at radius 1 is 1.47 bits per heavy atom. The number of methoxy groups -OCH3 is 1. The van der Waals surface area contributed by atoms with Crippen molar-refractivity contribution < 1.29 is 14.6 Å². The molecular formula is C11H17N3O3. The maximum absolute atomic E-state index is 11.3. The highest BCUT2D eigenvalue weighted by molar-refractivity contribution is 5.86. The number of rotatable bonds is 2. The molecular weight excluding hydrogens is 222 g/mol. The number of hydrogen-bond acceptors (Lipinski definition) is 5. The van der Waals surface area contributed by atoms with Crippen LogP contribution in [-0.4, -0.2) is 39.3 Å². The monoisotopic (exact) mass is 239 g/mol. The molecule has 1 heterocycles. The summed E-state index contributed by atoms with van der Waals surface area (Å²) in [5.74, 6) is -0.501. The van der Waals surface area contributed by atoms with E-state index in [1.54, 1.807) is 10.9 Å². The highest BCUT2D eigenvalue weighted by Crippen LogP contribution is 2.26. The molecule has 0 amide bonds. The number of aliphatic hydroxyl groups excluding tert-OH is 1. The number of carbonyl (C=O) groups is 1. The number of aliphatic hydroxyl groups is 1. The van der Waals surface area contributed by atoms with Gasteiger partial charge in [0.15, 0.2) is 5.69 Å². The first-order valence-electron chi connectivity index (χ1n) is 5.90. The van der Waals surface area contributed by atoms with Crippen LogP contribution in [0.1, 0.15) is 48.6 Å². The minimum absolute atomic E-state index is 0.0802. The topological polar surface area (TPSA) is 77.2 Å². The highest BCUT2D eigenvalue weighted by atomic mass is 16.5. The number of carbonyl (C=O) groups excluding carboxylic acids is 1.